The van der Waals surface area contributed by atoms with Gasteiger partial charge in [-0.05, 0) is 31.6 Å². The fourth-order valence-electron chi connectivity index (χ4n) is 1.31. The predicted octanol–water partition coefficient (Wildman–Crippen LogP) is 3.00. The molecule has 0 aromatic carbocycles. The van der Waals surface area contributed by atoms with Gasteiger partial charge in [-0.1, -0.05) is 26.2 Å². The van der Waals surface area contributed by atoms with E-state index in [1.54, 1.807) is 0 Å². The Morgan fingerprint density at radius 2 is 2.11 bits per heavy atom. The summed E-state index contributed by atoms with van der Waals surface area (Å²) in [5.41, 5.74) is 0. The zero-order chi connectivity index (χ0) is 6.53. The number of rotatable bonds is 0. The van der Waals surface area contributed by atoms with Crippen LogP contribution in [0.4, 0.5) is 0 Å². The first kappa shape index (κ1) is 7.11. The largest absolute Gasteiger partial charge is 0.0622 e. The average Bonchev–Trinajstić information content (AvgIpc) is 1.79. The third kappa shape index (κ3) is 2.88. The zero-order valence-electron chi connectivity index (χ0n) is 6.27. The first-order valence-corrected chi connectivity index (χ1v) is 4.04. The Kier molecular flexibility index (Phi) is 3.10. The van der Waals surface area contributed by atoms with E-state index in [0.29, 0.717) is 0 Å². The molecule has 1 fully saturated rings. The van der Waals surface area contributed by atoms with Crippen LogP contribution in [-0.2, 0) is 0 Å². The van der Waals surface area contributed by atoms with Crippen molar-refractivity contribution < 1.29 is 0 Å². The number of hydrogen-bond donors (Lipinski definition) is 0. The molecule has 1 saturated carbocycles. The molecule has 1 unspecified atom stereocenters. The lowest BCUT2D eigenvalue weighted by Gasteiger charge is -2.13. The van der Waals surface area contributed by atoms with Gasteiger partial charge in [0.15, 0.2) is 0 Å². The molecule has 0 saturated heterocycles. The second kappa shape index (κ2) is 3.92. The quantitative estimate of drug-likeness (QED) is 0.465. The summed E-state index contributed by atoms with van der Waals surface area (Å²) in [7, 11) is 0. The van der Waals surface area contributed by atoms with Crippen LogP contribution in [0.5, 0.6) is 0 Å². The van der Waals surface area contributed by atoms with Crippen molar-refractivity contribution >= 4 is 0 Å². The molecule has 0 bridgehead atoms. The van der Waals surface area contributed by atoms with Crippen LogP contribution in [0.2, 0.25) is 0 Å². The first-order valence-electron chi connectivity index (χ1n) is 4.04. The van der Waals surface area contributed by atoms with Gasteiger partial charge in [0.25, 0.3) is 0 Å². The Hall–Kier alpha value is 0. The first-order chi connectivity index (χ1) is 4.39. The Morgan fingerprint density at radius 3 is 3.00 bits per heavy atom. The lowest BCUT2D eigenvalue weighted by molar-refractivity contribution is 0.533. The average molecular weight is 124 g/mol. The Labute approximate surface area is 58.7 Å². The SMILES string of the molecule is CC1[CH]CCC[CH]CC1. The molecule has 0 heterocycles. The summed E-state index contributed by atoms with van der Waals surface area (Å²) in [4.78, 5) is 0. The van der Waals surface area contributed by atoms with Crippen LogP contribution in [0, 0.1) is 18.8 Å². The van der Waals surface area contributed by atoms with Crippen molar-refractivity contribution in [2.24, 2.45) is 5.92 Å². The van der Waals surface area contributed by atoms with Crippen molar-refractivity contribution in [1.82, 2.24) is 0 Å². The van der Waals surface area contributed by atoms with Gasteiger partial charge in [0, 0.05) is 0 Å². The van der Waals surface area contributed by atoms with Crippen LogP contribution in [0.1, 0.15) is 39.0 Å². The van der Waals surface area contributed by atoms with Crippen LogP contribution in [0.3, 0.4) is 0 Å². The smallest absolute Gasteiger partial charge is 0.0358 e. The van der Waals surface area contributed by atoms with Crippen LogP contribution in [0.25, 0.3) is 0 Å². The summed E-state index contributed by atoms with van der Waals surface area (Å²) in [6.07, 6.45) is 11.7. The van der Waals surface area contributed by atoms with Crippen molar-refractivity contribution in [3.05, 3.63) is 12.8 Å². The number of hydrogen-bond acceptors (Lipinski definition) is 0. The van der Waals surface area contributed by atoms with Crippen molar-refractivity contribution in [2.75, 3.05) is 0 Å². The Balaban J connectivity index is 2.12. The van der Waals surface area contributed by atoms with Crippen molar-refractivity contribution in [1.29, 1.82) is 0 Å². The fourth-order valence-corrected chi connectivity index (χ4v) is 1.31. The Bertz CT molecular complexity index is 58.4. The third-order valence-corrected chi connectivity index (χ3v) is 2.01. The van der Waals surface area contributed by atoms with E-state index in [9.17, 15) is 0 Å². The van der Waals surface area contributed by atoms with Gasteiger partial charge in [0.05, 0.1) is 0 Å². The molecule has 2 radical (unpaired) electrons. The van der Waals surface area contributed by atoms with Crippen LogP contribution in [-0.4, -0.2) is 0 Å². The van der Waals surface area contributed by atoms with E-state index in [-0.39, 0.29) is 0 Å². The fraction of sp³-hybridized carbons (Fsp3) is 0.778. The minimum Gasteiger partial charge on any atom is -0.0622 e. The molecular weight excluding hydrogens is 108 g/mol. The predicted molar refractivity (Wildman–Crippen MR) is 40.8 cm³/mol. The van der Waals surface area contributed by atoms with Crippen molar-refractivity contribution in [2.45, 2.75) is 39.0 Å². The van der Waals surface area contributed by atoms with E-state index in [2.05, 4.69) is 19.8 Å². The molecule has 0 nitrogen and oxygen atoms in total. The molecule has 0 aliphatic heterocycles. The minimum atomic E-state index is 0.863. The van der Waals surface area contributed by atoms with Gasteiger partial charge in [-0.3, -0.25) is 0 Å². The molecule has 52 valence electrons. The summed E-state index contributed by atoms with van der Waals surface area (Å²) in [6.45, 7) is 2.32. The topological polar surface area (TPSA) is 0 Å². The molecule has 1 aliphatic carbocycles. The van der Waals surface area contributed by atoms with Crippen LogP contribution < -0.4 is 0 Å². The van der Waals surface area contributed by atoms with Gasteiger partial charge in [0.1, 0.15) is 0 Å². The molecule has 1 atom stereocenters. The van der Waals surface area contributed by atoms with E-state index in [4.69, 9.17) is 0 Å². The molecule has 1 aliphatic rings. The van der Waals surface area contributed by atoms with Crippen LogP contribution in [0.15, 0.2) is 0 Å². The van der Waals surface area contributed by atoms with E-state index < -0.39 is 0 Å². The van der Waals surface area contributed by atoms with E-state index in [0.717, 1.165) is 5.92 Å². The molecule has 0 aromatic heterocycles. The maximum atomic E-state index is 2.47. The van der Waals surface area contributed by atoms with Crippen molar-refractivity contribution in [3.8, 4) is 0 Å². The Morgan fingerprint density at radius 1 is 1.22 bits per heavy atom. The van der Waals surface area contributed by atoms with E-state index >= 15 is 0 Å². The molecule has 0 N–H and O–H groups in total. The monoisotopic (exact) mass is 124 g/mol. The summed E-state index contributed by atoms with van der Waals surface area (Å²) in [5, 5.41) is 0. The second-order valence-corrected chi connectivity index (χ2v) is 3.01. The highest BCUT2D eigenvalue weighted by Crippen LogP contribution is 2.19. The van der Waals surface area contributed by atoms with E-state index in [1.165, 1.54) is 32.1 Å². The van der Waals surface area contributed by atoms with Gasteiger partial charge in [0.2, 0.25) is 0 Å². The van der Waals surface area contributed by atoms with Gasteiger partial charge in [-0.15, -0.1) is 0 Å². The summed E-state index contributed by atoms with van der Waals surface area (Å²) in [6, 6.07) is 0. The molecule has 0 heteroatoms. The highest BCUT2D eigenvalue weighted by Gasteiger charge is 2.04. The lowest BCUT2D eigenvalue weighted by atomic mass is 9.93. The van der Waals surface area contributed by atoms with Gasteiger partial charge < -0.3 is 0 Å². The van der Waals surface area contributed by atoms with Gasteiger partial charge >= 0.3 is 0 Å². The highest BCUT2D eigenvalue weighted by molar-refractivity contribution is 4.79. The van der Waals surface area contributed by atoms with E-state index in [1.807, 2.05) is 0 Å². The maximum Gasteiger partial charge on any atom is -0.0358 e. The molecule has 1 rings (SSSR count). The maximum absolute atomic E-state index is 2.47. The van der Waals surface area contributed by atoms with Gasteiger partial charge in [-0.2, -0.15) is 0 Å². The molecular formula is C9H16. The standard InChI is InChI=1S/C9H16/c1-9-7-5-3-2-4-6-8-9/h3,8-9H,2,4-7H2,1H3. The summed E-state index contributed by atoms with van der Waals surface area (Å²) in [5.74, 6) is 0.863. The minimum absolute atomic E-state index is 0.863. The molecule has 9 heavy (non-hydrogen) atoms. The zero-order valence-corrected chi connectivity index (χ0v) is 6.27. The third-order valence-electron chi connectivity index (χ3n) is 2.01. The lowest BCUT2D eigenvalue weighted by Crippen LogP contribution is -1.99. The normalized spacial score (nSPS) is 25.0. The summed E-state index contributed by atoms with van der Waals surface area (Å²) >= 11 is 0. The van der Waals surface area contributed by atoms with Crippen LogP contribution >= 0.6 is 0 Å². The second-order valence-electron chi connectivity index (χ2n) is 3.01. The van der Waals surface area contributed by atoms with Gasteiger partial charge in [-0.25, -0.2) is 0 Å². The highest BCUT2D eigenvalue weighted by atomic mass is 14.1. The summed E-state index contributed by atoms with van der Waals surface area (Å²) < 4.78 is 0. The molecule has 0 aromatic rings. The molecule has 0 amide bonds. The molecule has 0 spiro atoms. The van der Waals surface area contributed by atoms with Crippen molar-refractivity contribution in [3.63, 3.8) is 0 Å².